The molecule has 1 heterocycles. The van der Waals surface area contributed by atoms with Gasteiger partial charge in [0.15, 0.2) is 0 Å². The summed E-state index contributed by atoms with van der Waals surface area (Å²) in [7, 11) is 3.87. The van der Waals surface area contributed by atoms with E-state index in [0.717, 1.165) is 11.4 Å². The van der Waals surface area contributed by atoms with E-state index in [0.29, 0.717) is 0 Å². The van der Waals surface area contributed by atoms with Crippen molar-refractivity contribution in [1.29, 1.82) is 0 Å². The molecule has 4 nitrogen and oxygen atoms in total. The fourth-order valence-corrected chi connectivity index (χ4v) is 1.18. The fraction of sp³-hybridized carbons (Fsp3) is 0.500. The predicted molar refractivity (Wildman–Crippen MR) is 66.6 cm³/mol. The predicted octanol–water partition coefficient (Wildman–Crippen LogP) is 2.13. The third-order valence-corrected chi connectivity index (χ3v) is 2.21. The van der Waals surface area contributed by atoms with Gasteiger partial charge in [0.25, 0.3) is 0 Å². The maximum Gasteiger partial charge on any atom is 0.229 e. The van der Waals surface area contributed by atoms with Crippen molar-refractivity contribution in [3.8, 4) is 0 Å². The zero-order chi connectivity index (χ0) is 12.3. The molecule has 0 spiro atoms. The highest BCUT2D eigenvalue weighted by atomic mass is 16.2. The Hall–Kier alpha value is -1.58. The molecule has 0 radical (unpaired) electrons. The zero-order valence-electron chi connectivity index (χ0n) is 10.5. The van der Waals surface area contributed by atoms with Crippen LogP contribution in [0.4, 0.5) is 11.4 Å². The standard InChI is InChI=1S/C12H19N3O/c1-12(2,3)11(16)14-9-8-13-7-6-10(9)15(4)5/h6-8H,1-5H3,(H,14,16). The molecule has 0 atom stereocenters. The quantitative estimate of drug-likeness (QED) is 0.832. The maximum atomic E-state index is 11.9. The Bertz CT molecular complexity index is 380. The molecule has 1 rings (SSSR count). The van der Waals surface area contributed by atoms with Gasteiger partial charge in [-0.3, -0.25) is 9.78 Å². The molecule has 88 valence electrons. The molecule has 16 heavy (non-hydrogen) atoms. The van der Waals surface area contributed by atoms with Crippen molar-refractivity contribution in [2.45, 2.75) is 20.8 Å². The largest absolute Gasteiger partial charge is 0.376 e. The van der Waals surface area contributed by atoms with Crippen LogP contribution in [0.2, 0.25) is 0 Å². The normalized spacial score (nSPS) is 11.1. The van der Waals surface area contributed by atoms with Crippen molar-refractivity contribution in [3.05, 3.63) is 18.5 Å². The lowest BCUT2D eigenvalue weighted by atomic mass is 9.95. The molecule has 0 unspecified atom stereocenters. The Balaban J connectivity index is 2.94. The van der Waals surface area contributed by atoms with Crippen LogP contribution in [0.1, 0.15) is 20.8 Å². The number of hydrogen-bond acceptors (Lipinski definition) is 3. The van der Waals surface area contributed by atoms with Gasteiger partial charge in [0.05, 0.1) is 17.6 Å². The van der Waals surface area contributed by atoms with E-state index in [-0.39, 0.29) is 5.91 Å². The van der Waals surface area contributed by atoms with Crippen molar-refractivity contribution in [3.63, 3.8) is 0 Å². The average Bonchev–Trinajstić information content (AvgIpc) is 2.16. The smallest absolute Gasteiger partial charge is 0.229 e. The van der Waals surface area contributed by atoms with Crippen molar-refractivity contribution in [2.24, 2.45) is 5.41 Å². The van der Waals surface area contributed by atoms with Gasteiger partial charge in [-0.2, -0.15) is 0 Å². The third-order valence-electron chi connectivity index (χ3n) is 2.21. The van der Waals surface area contributed by atoms with E-state index in [2.05, 4.69) is 10.3 Å². The van der Waals surface area contributed by atoms with E-state index in [4.69, 9.17) is 0 Å². The number of pyridine rings is 1. The molecule has 1 aromatic heterocycles. The molecule has 0 saturated heterocycles. The zero-order valence-corrected chi connectivity index (χ0v) is 10.5. The van der Waals surface area contributed by atoms with E-state index in [1.54, 1.807) is 12.4 Å². The summed E-state index contributed by atoms with van der Waals surface area (Å²) in [6.45, 7) is 5.65. The first-order chi connectivity index (χ1) is 7.32. The summed E-state index contributed by atoms with van der Waals surface area (Å²) in [6.07, 6.45) is 3.38. The Kier molecular flexibility index (Phi) is 3.52. The molecule has 0 aliphatic rings. The number of hydrogen-bond donors (Lipinski definition) is 1. The summed E-state index contributed by atoms with van der Waals surface area (Å²) in [6, 6.07) is 1.87. The first kappa shape index (κ1) is 12.5. The van der Waals surface area contributed by atoms with E-state index < -0.39 is 5.41 Å². The van der Waals surface area contributed by atoms with Gasteiger partial charge in [0.2, 0.25) is 5.91 Å². The molecule has 1 amide bonds. The number of anilines is 2. The molecule has 0 fully saturated rings. The van der Waals surface area contributed by atoms with Crippen LogP contribution in [0.5, 0.6) is 0 Å². The van der Waals surface area contributed by atoms with Crippen LogP contribution in [-0.4, -0.2) is 25.0 Å². The molecule has 0 aliphatic carbocycles. The lowest BCUT2D eigenvalue weighted by molar-refractivity contribution is -0.123. The van der Waals surface area contributed by atoms with Crippen LogP contribution in [0.15, 0.2) is 18.5 Å². The molecule has 4 heteroatoms. The van der Waals surface area contributed by atoms with E-state index >= 15 is 0 Å². The van der Waals surface area contributed by atoms with Crippen molar-refractivity contribution < 1.29 is 4.79 Å². The summed E-state index contributed by atoms with van der Waals surface area (Å²) in [5.41, 5.74) is 1.29. The van der Waals surface area contributed by atoms with Gasteiger partial charge in [0, 0.05) is 25.7 Å². The molecule has 0 aliphatic heterocycles. The second kappa shape index (κ2) is 4.51. The monoisotopic (exact) mass is 221 g/mol. The Morgan fingerprint density at radius 2 is 2.00 bits per heavy atom. The number of carbonyl (C=O) groups excluding carboxylic acids is 1. The summed E-state index contributed by atoms with van der Waals surface area (Å²) in [5, 5.41) is 2.89. The Labute approximate surface area is 96.7 Å². The number of rotatable bonds is 2. The number of nitrogens with one attached hydrogen (secondary N) is 1. The van der Waals surface area contributed by atoms with Crippen molar-refractivity contribution in [2.75, 3.05) is 24.3 Å². The van der Waals surface area contributed by atoms with Crippen molar-refractivity contribution >= 4 is 17.3 Å². The fourth-order valence-electron chi connectivity index (χ4n) is 1.18. The van der Waals surface area contributed by atoms with Crippen LogP contribution < -0.4 is 10.2 Å². The first-order valence-corrected chi connectivity index (χ1v) is 5.25. The van der Waals surface area contributed by atoms with Crippen LogP contribution in [-0.2, 0) is 4.79 Å². The van der Waals surface area contributed by atoms with Gasteiger partial charge in [-0.15, -0.1) is 0 Å². The maximum absolute atomic E-state index is 11.9. The number of carbonyl (C=O) groups is 1. The molecule has 0 bridgehead atoms. The summed E-state index contributed by atoms with van der Waals surface area (Å²) in [4.78, 5) is 17.8. The molecule has 1 aromatic rings. The first-order valence-electron chi connectivity index (χ1n) is 5.25. The van der Waals surface area contributed by atoms with Gasteiger partial charge in [-0.25, -0.2) is 0 Å². The highest BCUT2D eigenvalue weighted by Crippen LogP contribution is 2.24. The second-order valence-corrected chi connectivity index (χ2v) is 4.99. The lowest BCUT2D eigenvalue weighted by Crippen LogP contribution is -2.28. The molecule has 0 saturated carbocycles. The second-order valence-electron chi connectivity index (χ2n) is 4.99. The minimum absolute atomic E-state index is 0.0106. The van der Waals surface area contributed by atoms with Gasteiger partial charge >= 0.3 is 0 Å². The Morgan fingerprint density at radius 1 is 1.38 bits per heavy atom. The minimum atomic E-state index is -0.403. The molecule has 0 aromatic carbocycles. The number of amides is 1. The topological polar surface area (TPSA) is 45.2 Å². The molecular formula is C12H19N3O. The van der Waals surface area contributed by atoms with Gasteiger partial charge in [0.1, 0.15) is 0 Å². The van der Waals surface area contributed by atoms with Gasteiger partial charge in [-0.05, 0) is 6.07 Å². The SMILES string of the molecule is CN(C)c1ccncc1NC(=O)C(C)(C)C. The van der Waals surface area contributed by atoms with E-state index in [1.807, 2.05) is 45.8 Å². The van der Waals surface area contributed by atoms with Gasteiger partial charge in [-0.1, -0.05) is 20.8 Å². The number of nitrogens with zero attached hydrogens (tertiary/aromatic N) is 2. The van der Waals surface area contributed by atoms with E-state index in [1.165, 1.54) is 0 Å². The van der Waals surface area contributed by atoms with Crippen LogP contribution in [0, 0.1) is 5.41 Å². The third kappa shape index (κ3) is 2.95. The molecule has 1 N–H and O–H groups in total. The highest BCUT2D eigenvalue weighted by Gasteiger charge is 2.22. The highest BCUT2D eigenvalue weighted by molar-refractivity contribution is 5.97. The van der Waals surface area contributed by atoms with Crippen LogP contribution in [0.25, 0.3) is 0 Å². The average molecular weight is 221 g/mol. The minimum Gasteiger partial charge on any atom is -0.376 e. The van der Waals surface area contributed by atoms with Gasteiger partial charge < -0.3 is 10.2 Å². The summed E-state index contributed by atoms with van der Waals surface area (Å²) in [5.74, 6) is -0.0106. The van der Waals surface area contributed by atoms with Crippen LogP contribution >= 0.6 is 0 Å². The van der Waals surface area contributed by atoms with Crippen LogP contribution in [0.3, 0.4) is 0 Å². The summed E-state index contributed by atoms with van der Waals surface area (Å²) < 4.78 is 0. The Morgan fingerprint density at radius 3 is 2.50 bits per heavy atom. The van der Waals surface area contributed by atoms with Crippen molar-refractivity contribution in [1.82, 2.24) is 4.98 Å². The van der Waals surface area contributed by atoms with E-state index in [9.17, 15) is 4.79 Å². The molecular weight excluding hydrogens is 202 g/mol. The number of aromatic nitrogens is 1. The lowest BCUT2D eigenvalue weighted by Gasteiger charge is -2.21. The summed E-state index contributed by atoms with van der Waals surface area (Å²) >= 11 is 0.